The van der Waals surface area contributed by atoms with Crippen LogP contribution in [0.4, 0.5) is 5.69 Å². The molecule has 4 nitrogen and oxygen atoms in total. The van der Waals surface area contributed by atoms with Crippen LogP contribution in [-0.2, 0) is 14.3 Å². The van der Waals surface area contributed by atoms with Gasteiger partial charge in [0.15, 0.2) is 6.61 Å². The van der Waals surface area contributed by atoms with Crippen LogP contribution in [0.2, 0.25) is 0 Å². The summed E-state index contributed by atoms with van der Waals surface area (Å²) in [4.78, 5) is 23.3. The molecule has 0 saturated heterocycles. The third-order valence-corrected chi connectivity index (χ3v) is 3.50. The Morgan fingerprint density at radius 1 is 1.32 bits per heavy atom. The van der Waals surface area contributed by atoms with Crippen molar-refractivity contribution in [3.8, 4) is 0 Å². The molecule has 1 aliphatic carbocycles. The van der Waals surface area contributed by atoms with Gasteiger partial charge in [0.25, 0.3) is 5.91 Å². The summed E-state index contributed by atoms with van der Waals surface area (Å²) in [5.74, 6) is -0.162. The Morgan fingerprint density at radius 2 is 1.89 bits per heavy atom. The van der Waals surface area contributed by atoms with E-state index in [4.69, 9.17) is 4.74 Å². The van der Waals surface area contributed by atoms with Gasteiger partial charge in [0, 0.05) is 5.69 Å². The summed E-state index contributed by atoms with van der Waals surface area (Å²) < 4.78 is 5.00. The molecule has 1 fully saturated rings. The number of hydrogen-bond acceptors (Lipinski definition) is 3. The monoisotopic (exact) mass is 261 g/mol. The number of benzene rings is 1. The topological polar surface area (TPSA) is 55.4 Å². The van der Waals surface area contributed by atoms with Gasteiger partial charge in [-0.05, 0) is 37.3 Å². The van der Waals surface area contributed by atoms with Crippen LogP contribution >= 0.6 is 0 Å². The lowest BCUT2D eigenvalue weighted by Gasteiger charge is -2.11. The van der Waals surface area contributed by atoms with Crippen LogP contribution in [-0.4, -0.2) is 18.5 Å². The molecule has 0 bridgehead atoms. The molecule has 1 aliphatic rings. The molecule has 1 amide bonds. The average molecular weight is 261 g/mol. The maximum absolute atomic E-state index is 11.8. The Bertz CT molecular complexity index is 490. The van der Waals surface area contributed by atoms with Gasteiger partial charge in [0.1, 0.15) is 0 Å². The van der Waals surface area contributed by atoms with E-state index < -0.39 is 0 Å². The normalized spacial score (nSPS) is 20.8. The minimum Gasteiger partial charge on any atom is -0.455 e. The molecule has 1 N–H and O–H groups in total. The fraction of sp³-hybridized carbons (Fsp3) is 0.467. The third kappa shape index (κ3) is 3.34. The summed E-state index contributed by atoms with van der Waals surface area (Å²) in [6.45, 7) is 5.65. The van der Waals surface area contributed by atoms with E-state index >= 15 is 0 Å². The summed E-state index contributed by atoms with van der Waals surface area (Å²) in [7, 11) is 0. The van der Waals surface area contributed by atoms with Crippen molar-refractivity contribution in [3.05, 3.63) is 29.3 Å². The zero-order valence-corrected chi connectivity index (χ0v) is 11.5. The van der Waals surface area contributed by atoms with Crippen LogP contribution in [0.5, 0.6) is 0 Å². The van der Waals surface area contributed by atoms with Gasteiger partial charge in [-0.15, -0.1) is 0 Å². The van der Waals surface area contributed by atoms with Crippen LogP contribution < -0.4 is 5.32 Å². The Hall–Kier alpha value is -1.84. The van der Waals surface area contributed by atoms with Gasteiger partial charge < -0.3 is 10.1 Å². The molecule has 0 heterocycles. The van der Waals surface area contributed by atoms with Gasteiger partial charge in [-0.3, -0.25) is 9.59 Å². The summed E-state index contributed by atoms with van der Waals surface area (Å²) in [6, 6.07) is 5.80. The van der Waals surface area contributed by atoms with E-state index in [1.165, 1.54) is 0 Å². The largest absolute Gasteiger partial charge is 0.455 e. The molecule has 0 unspecified atom stereocenters. The highest BCUT2D eigenvalue weighted by Gasteiger charge is 2.40. The molecule has 1 aromatic carbocycles. The summed E-state index contributed by atoms with van der Waals surface area (Å²) in [5, 5.41) is 2.79. The van der Waals surface area contributed by atoms with Crippen molar-refractivity contribution < 1.29 is 14.3 Å². The van der Waals surface area contributed by atoms with Crippen LogP contribution in [0, 0.1) is 25.7 Å². The fourth-order valence-corrected chi connectivity index (χ4v) is 2.08. The van der Waals surface area contributed by atoms with Gasteiger partial charge in [-0.1, -0.05) is 25.1 Å². The van der Waals surface area contributed by atoms with Crippen LogP contribution in [0.15, 0.2) is 18.2 Å². The SMILES string of the molecule is Cc1cccc(C)c1NC(=O)COC(=O)[C@@H]1C[C@@H]1C. The van der Waals surface area contributed by atoms with Crippen LogP contribution in [0.3, 0.4) is 0 Å². The molecule has 2 rings (SSSR count). The number of aryl methyl sites for hydroxylation is 2. The van der Waals surface area contributed by atoms with E-state index in [9.17, 15) is 9.59 Å². The van der Waals surface area contributed by atoms with Crippen molar-refractivity contribution in [3.63, 3.8) is 0 Å². The predicted molar refractivity (Wildman–Crippen MR) is 72.8 cm³/mol. The first-order valence-corrected chi connectivity index (χ1v) is 6.51. The minimum atomic E-state index is -0.293. The Morgan fingerprint density at radius 3 is 2.42 bits per heavy atom. The first-order valence-electron chi connectivity index (χ1n) is 6.51. The number of carbonyl (C=O) groups excluding carboxylic acids is 2. The Labute approximate surface area is 113 Å². The molecule has 1 aromatic rings. The van der Waals surface area contributed by atoms with Crippen LogP contribution in [0.1, 0.15) is 24.5 Å². The van der Waals surface area contributed by atoms with E-state index in [0.717, 1.165) is 23.2 Å². The maximum Gasteiger partial charge on any atom is 0.309 e. The van der Waals surface area contributed by atoms with E-state index in [1.54, 1.807) is 0 Å². The number of esters is 1. The quantitative estimate of drug-likeness (QED) is 0.847. The minimum absolute atomic E-state index is 0.00648. The number of amides is 1. The average Bonchev–Trinajstić information content (AvgIpc) is 3.08. The van der Waals surface area contributed by atoms with E-state index in [1.807, 2.05) is 39.0 Å². The highest BCUT2D eigenvalue weighted by Crippen LogP contribution is 2.38. The third-order valence-electron chi connectivity index (χ3n) is 3.50. The standard InChI is InChI=1S/C15H19NO3/c1-9-5-4-6-10(2)14(9)16-13(17)8-19-15(18)12-7-11(12)3/h4-6,11-12H,7-8H2,1-3H3,(H,16,17)/t11-,12+/m0/s1. The van der Waals surface area contributed by atoms with Gasteiger partial charge >= 0.3 is 5.97 Å². The molecular weight excluding hydrogens is 242 g/mol. The Balaban J connectivity index is 1.86. The number of hydrogen-bond donors (Lipinski definition) is 1. The molecule has 0 spiro atoms. The second-order valence-electron chi connectivity index (χ2n) is 5.24. The van der Waals surface area contributed by atoms with E-state index in [-0.39, 0.29) is 24.4 Å². The van der Waals surface area contributed by atoms with Crippen LogP contribution in [0.25, 0.3) is 0 Å². The highest BCUT2D eigenvalue weighted by atomic mass is 16.5. The first-order chi connectivity index (χ1) is 8.99. The van der Waals surface area contributed by atoms with Crippen molar-refractivity contribution in [2.24, 2.45) is 11.8 Å². The molecule has 0 radical (unpaired) electrons. The summed E-state index contributed by atoms with van der Waals surface area (Å²) >= 11 is 0. The number of rotatable bonds is 4. The van der Waals surface area contributed by atoms with Crippen molar-refractivity contribution in [2.75, 3.05) is 11.9 Å². The van der Waals surface area contributed by atoms with Gasteiger partial charge in [-0.2, -0.15) is 0 Å². The van der Waals surface area contributed by atoms with Crippen molar-refractivity contribution in [1.29, 1.82) is 0 Å². The van der Waals surface area contributed by atoms with Gasteiger partial charge in [0.05, 0.1) is 5.92 Å². The maximum atomic E-state index is 11.8. The molecule has 4 heteroatoms. The molecule has 1 saturated carbocycles. The molecule has 19 heavy (non-hydrogen) atoms. The Kier molecular flexibility index (Phi) is 3.88. The molecule has 0 aromatic heterocycles. The second kappa shape index (κ2) is 5.43. The molecule has 0 aliphatic heterocycles. The van der Waals surface area contributed by atoms with Gasteiger partial charge in [-0.25, -0.2) is 0 Å². The lowest BCUT2D eigenvalue weighted by molar-refractivity contribution is -0.148. The van der Waals surface area contributed by atoms with Crippen molar-refractivity contribution in [1.82, 2.24) is 0 Å². The van der Waals surface area contributed by atoms with E-state index in [2.05, 4.69) is 5.32 Å². The lowest BCUT2D eigenvalue weighted by Crippen LogP contribution is -2.22. The smallest absolute Gasteiger partial charge is 0.309 e. The zero-order chi connectivity index (χ0) is 14.0. The van der Waals surface area contributed by atoms with Gasteiger partial charge in [0.2, 0.25) is 0 Å². The predicted octanol–water partition coefficient (Wildman–Crippen LogP) is 2.44. The molecule has 102 valence electrons. The number of para-hydroxylation sites is 1. The number of ether oxygens (including phenoxy) is 1. The summed E-state index contributed by atoms with van der Waals surface area (Å²) in [6.07, 6.45) is 0.872. The summed E-state index contributed by atoms with van der Waals surface area (Å²) in [5.41, 5.74) is 2.79. The molecular formula is C15H19NO3. The number of anilines is 1. The number of carbonyl (C=O) groups is 2. The highest BCUT2D eigenvalue weighted by molar-refractivity contribution is 5.94. The number of nitrogens with one attached hydrogen (secondary N) is 1. The van der Waals surface area contributed by atoms with Crippen molar-refractivity contribution in [2.45, 2.75) is 27.2 Å². The van der Waals surface area contributed by atoms with Crippen molar-refractivity contribution >= 4 is 17.6 Å². The molecule has 2 atom stereocenters. The van der Waals surface area contributed by atoms with E-state index in [0.29, 0.717) is 5.92 Å². The first kappa shape index (κ1) is 13.6. The lowest BCUT2D eigenvalue weighted by atomic mass is 10.1. The second-order valence-corrected chi connectivity index (χ2v) is 5.24. The zero-order valence-electron chi connectivity index (χ0n) is 11.5. The fourth-order valence-electron chi connectivity index (χ4n) is 2.08.